The van der Waals surface area contributed by atoms with Crippen molar-refractivity contribution in [3.05, 3.63) is 59.7 Å². The molecular formula is C46H83ClN4. The largest absolute Gasteiger partial charge is 0.316 e. The Hall–Kier alpha value is -1.43. The van der Waals surface area contributed by atoms with Crippen LogP contribution in [0.5, 0.6) is 0 Å². The minimum absolute atomic E-state index is 0. The van der Waals surface area contributed by atoms with Gasteiger partial charge in [0.15, 0.2) is 0 Å². The van der Waals surface area contributed by atoms with Crippen molar-refractivity contribution in [1.29, 1.82) is 0 Å². The smallest absolute Gasteiger partial charge is 0.0205 e. The SMILES string of the molecule is CC(C)CNCCCCCCCCCCCCNCc1cc(CNCCCCCCCCCCCCNCC(C)C)cc(-c2ccccc2)c1.Cl. The molecule has 0 aromatic heterocycles. The summed E-state index contributed by atoms with van der Waals surface area (Å²) in [6, 6.07) is 18.1. The maximum Gasteiger partial charge on any atom is 0.0205 e. The maximum absolute atomic E-state index is 3.75. The van der Waals surface area contributed by atoms with Gasteiger partial charge in [-0.15, -0.1) is 12.4 Å². The van der Waals surface area contributed by atoms with Gasteiger partial charge in [0.2, 0.25) is 0 Å². The molecule has 0 bridgehead atoms. The van der Waals surface area contributed by atoms with E-state index >= 15 is 0 Å². The molecule has 0 saturated carbocycles. The van der Waals surface area contributed by atoms with Crippen molar-refractivity contribution in [3.63, 3.8) is 0 Å². The van der Waals surface area contributed by atoms with Crippen LogP contribution in [-0.4, -0.2) is 39.3 Å². The highest BCUT2D eigenvalue weighted by atomic mass is 35.5. The Morgan fingerprint density at radius 2 is 0.686 bits per heavy atom. The summed E-state index contributed by atoms with van der Waals surface area (Å²) in [6.45, 7) is 18.0. The summed E-state index contributed by atoms with van der Waals surface area (Å²) in [4.78, 5) is 0. The number of benzene rings is 2. The Balaban J connectivity index is 0.0000130. The number of rotatable bonds is 35. The second kappa shape index (κ2) is 34.3. The molecule has 4 nitrogen and oxygen atoms in total. The van der Waals surface area contributed by atoms with Crippen LogP contribution in [0.25, 0.3) is 11.1 Å². The van der Waals surface area contributed by atoms with Crippen molar-refractivity contribution >= 4 is 12.4 Å². The van der Waals surface area contributed by atoms with Crippen LogP contribution in [0.3, 0.4) is 0 Å². The van der Waals surface area contributed by atoms with Gasteiger partial charge in [0.05, 0.1) is 0 Å². The molecule has 0 heterocycles. The number of hydrogen-bond acceptors (Lipinski definition) is 4. The summed E-state index contributed by atoms with van der Waals surface area (Å²) in [6.07, 6.45) is 27.7. The number of halogens is 1. The number of unbranched alkanes of at least 4 members (excludes halogenated alkanes) is 18. The van der Waals surface area contributed by atoms with E-state index in [1.54, 1.807) is 0 Å². The molecular weight excluding hydrogens is 644 g/mol. The third kappa shape index (κ3) is 28.7. The zero-order chi connectivity index (χ0) is 35.7. The average Bonchev–Trinajstić information content (AvgIpc) is 3.11. The molecule has 0 amide bonds. The highest BCUT2D eigenvalue weighted by molar-refractivity contribution is 5.85. The number of nitrogens with one attached hydrogen (secondary N) is 4. The van der Waals surface area contributed by atoms with Gasteiger partial charge in [-0.1, -0.05) is 167 Å². The Labute approximate surface area is 323 Å². The molecule has 0 saturated heterocycles. The summed E-state index contributed by atoms with van der Waals surface area (Å²) in [5.74, 6) is 1.53. The van der Waals surface area contributed by atoms with Crippen molar-refractivity contribution in [2.75, 3.05) is 39.3 Å². The van der Waals surface area contributed by atoms with Crippen LogP contribution in [-0.2, 0) is 13.1 Å². The Morgan fingerprint density at radius 3 is 1.02 bits per heavy atom. The summed E-state index contributed by atoms with van der Waals surface area (Å²) in [5.41, 5.74) is 5.46. The Morgan fingerprint density at radius 1 is 0.373 bits per heavy atom. The second-order valence-electron chi connectivity index (χ2n) is 16.0. The van der Waals surface area contributed by atoms with Crippen molar-refractivity contribution in [2.24, 2.45) is 11.8 Å². The van der Waals surface area contributed by atoms with Gasteiger partial charge in [0, 0.05) is 13.1 Å². The molecule has 51 heavy (non-hydrogen) atoms. The van der Waals surface area contributed by atoms with Crippen LogP contribution < -0.4 is 21.3 Å². The van der Waals surface area contributed by atoms with E-state index in [1.165, 1.54) is 164 Å². The Bertz CT molecular complexity index is 953. The topological polar surface area (TPSA) is 48.1 Å². The molecule has 0 atom stereocenters. The molecule has 2 rings (SSSR count). The van der Waals surface area contributed by atoms with Gasteiger partial charge in [-0.05, 0) is 111 Å². The zero-order valence-corrected chi connectivity index (χ0v) is 34.8. The maximum atomic E-state index is 3.75. The lowest BCUT2D eigenvalue weighted by Gasteiger charge is -2.12. The molecule has 2 aromatic rings. The van der Waals surface area contributed by atoms with Crippen LogP contribution in [0.4, 0.5) is 0 Å². The fourth-order valence-corrected chi connectivity index (χ4v) is 6.84. The lowest BCUT2D eigenvalue weighted by molar-refractivity contribution is 0.513. The molecule has 5 heteroatoms. The highest BCUT2D eigenvalue weighted by Gasteiger charge is 2.05. The second-order valence-corrected chi connectivity index (χ2v) is 16.0. The van der Waals surface area contributed by atoms with E-state index in [-0.39, 0.29) is 12.4 Å². The van der Waals surface area contributed by atoms with E-state index in [4.69, 9.17) is 0 Å². The van der Waals surface area contributed by atoms with Crippen molar-refractivity contribution < 1.29 is 0 Å². The molecule has 0 aliphatic heterocycles. The molecule has 0 unspecified atom stereocenters. The Kier molecular flexibility index (Phi) is 32.0. The van der Waals surface area contributed by atoms with E-state index in [0.717, 1.165) is 51.1 Å². The van der Waals surface area contributed by atoms with Gasteiger partial charge < -0.3 is 21.3 Å². The molecule has 294 valence electrons. The van der Waals surface area contributed by atoms with Gasteiger partial charge in [-0.25, -0.2) is 0 Å². The van der Waals surface area contributed by atoms with Crippen LogP contribution in [0.1, 0.15) is 167 Å². The summed E-state index contributed by atoms with van der Waals surface area (Å²) < 4.78 is 0. The highest BCUT2D eigenvalue weighted by Crippen LogP contribution is 2.23. The first-order valence-corrected chi connectivity index (χ1v) is 21.6. The molecule has 0 fully saturated rings. The molecule has 0 spiro atoms. The predicted molar refractivity (Wildman–Crippen MR) is 230 cm³/mol. The number of hydrogen-bond donors (Lipinski definition) is 4. The lowest BCUT2D eigenvalue weighted by atomic mass is 9.99. The summed E-state index contributed by atoms with van der Waals surface area (Å²) in [7, 11) is 0. The van der Waals surface area contributed by atoms with E-state index in [1.807, 2.05) is 0 Å². The van der Waals surface area contributed by atoms with Crippen LogP contribution in [0.15, 0.2) is 48.5 Å². The summed E-state index contributed by atoms with van der Waals surface area (Å²) in [5, 5.41) is 14.6. The third-order valence-electron chi connectivity index (χ3n) is 9.84. The van der Waals surface area contributed by atoms with Crippen molar-refractivity contribution in [3.8, 4) is 11.1 Å². The van der Waals surface area contributed by atoms with Gasteiger partial charge >= 0.3 is 0 Å². The first kappa shape index (κ1) is 47.6. The molecule has 0 aliphatic rings. The molecule has 0 aliphatic carbocycles. The minimum Gasteiger partial charge on any atom is -0.316 e. The van der Waals surface area contributed by atoms with Gasteiger partial charge in [0.1, 0.15) is 0 Å². The monoisotopic (exact) mass is 727 g/mol. The van der Waals surface area contributed by atoms with Gasteiger partial charge in [-0.3, -0.25) is 0 Å². The average molecular weight is 728 g/mol. The predicted octanol–water partition coefficient (Wildman–Crippen LogP) is 12.2. The standard InChI is InChI=1S/C46H82N4.ClH/c1-41(2)37-47-30-24-17-13-9-5-7-11-15-19-26-32-49-39-43-34-44(36-46(35-43)45-28-22-21-23-29-45)40-50-33-27-20-16-12-8-6-10-14-18-25-31-48-38-42(3)4;/h21-23,28-29,34-36,41-42,47-50H,5-20,24-27,30-33,37-40H2,1-4H3;1H. The molecule has 2 aromatic carbocycles. The fourth-order valence-electron chi connectivity index (χ4n) is 6.84. The van der Waals surface area contributed by atoms with E-state index < -0.39 is 0 Å². The van der Waals surface area contributed by atoms with Crippen molar-refractivity contribution in [1.82, 2.24) is 21.3 Å². The minimum atomic E-state index is 0. The van der Waals surface area contributed by atoms with Crippen molar-refractivity contribution in [2.45, 2.75) is 169 Å². The lowest BCUT2D eigenvalue weighted by Crippen LogP contribution is -2.20. The first-order valence-electron chi connectivity index (χ1n) is 21.6. The van der Waals surface area contributed by atoms with E-state index in [0.29, 0.717) is 0 Å². The first-order chi connectivity index (χ1) is 24.5. The molecule has 4 N–H and O–H groups in total. The third-order valence-corrected chi connectivity index (χ3v) is 9.84. The molecule has 0 radical (unpaired) electrons. The van der Waals surface area contributed by atoms with Gasteiger partial charge in [-0.2, -0.15) is 0 Å². The quantitative estimate of drug-likeness (QED) is 0.0534. The van der Waals surface area contributed by atoms with Gasteiger partial charge in [0.25, 0.3) is 0 Å². The fraction of sp³-hybridized carbons (Fsp3) is 0.739. The normalized spacial score (nSPS) is 11.5. The zero-order valence-electron chi connectivity index (χ0n) is 34.0. The summed E-state index contributed by atoms with van der Waals surface area (Å²) >= 11 is 0. The van der Waals surface area contributed by atoms with Crippen LogP contribution in [0.2, 0.25) is 0 Å². The van der Waals surface area contributed by atoms with E-state index in [9.17, 15) is 0 Å². The van der Waals surface area contributed by atoms with E-state index in [2.05, 4.69) is 97.5 Å². The van der Waals surface area contributed by atoms with Crippen LogP contribution in [0, 0.1) is 11.8 Å². The van der Waals surface area contributed by atoms with Crippen LogP contribution >= 0.6 is 12.4 Å².